The van der Waals surface area contributed by atoms with Gasteiger partial charge in [-0.2, -0.15) is 0 Å². The van der Waals surface area contributed by atoms with Crippen LogP contribution >= 0.6 is 0 Å². The lowest BCUT2D eigenvalue weighted by Gasteiger charge is -2.21. The lowest BCUT2D eigenvalue weighted by atomic mass is 9.86. The van der Waals surface area contributed by atoms with Gasteiger partial charge in [0.05, 0.1) is 13.5 Å². The van der Waals surface area contributed by atoms with Crippen LogP contribution < -0.4 is 10.2 Å². The van der Waals surface area contributed by atoms with E-state index in [9.17, 15) is 24.9 Å². The van der Waals surface area contributed by atoms with Crippen molar-refractivity contribution in [2.45, 2.75) is 12.3 Å². The number of carbonyl (C=O) groups is 1. The summed E-state index contributed by atoms with van der Waals surface area (Å²) in [4.78, 5) is 25.4. The van der Waals surface area contributed by atoms with Crippen molar-refractivity contribution in [1.82, 2.24) is 0 Å². The zero-order valence-corrected chi connectivity index (χ0v) is 19.2. The van der Waals surface area contributed by atoms with Crippen LogP contribution in [0.4, 0.5) is 0 Å². The molecule has 0 spiro atoms. The zero-order chi connectivity index (χ0) is 25.8. The van der Waals surface area contributed by atoms with Crippen molar-refractivity contribution in [1.29, 1.82) is 0 Å². The highest BCUT2D eigenvalue weighted by molar-refractivity contribution is 5.93. The maximum atomic E-state index is 13.1. The number of methoxy groups -OCH3 is 1. The molecule has 0 aliphatic rings. The van der Waals surface area contributed by atoms with Gasteiger partial charge < -0.3 is 29.2 Å². The molecule has 3 aromatic carbocycles. The number of aromatic hydroxyl groups is 3. The van der Waals surface area contributed by atoms with Crippen LogP contribution in [-0.2, 0) is 9.53 Å². The fourth-order valence-electron chi connectivity index (χ4n) is 4.00. The Labute approximate surface area is 206 Å². The molecule has 4 aromatic rings. The fraction of sp³-hybridized carbons (Fsp3) is 0.143. The molecule has 0 saturated heterocycles. The molecule has 0 fully saturated rings. The van der Waals surface area contributed by atoms with Crippen LogP contribution in [0.25, 0.3) is 22.3 Å². The van der Waals surface area contributed by atoms with Crippen LogP contribution in [-0.4, -0.2) is 35.0 Å². The average Bonchev–Trinajstić information content (AvgIpc) is 2.90. The van der Waals surface area contributed by atoms with Crippen molar-refractivity contribution in [2.75, 3.05) is 13.7 Å². The van der Waals surface area contributed by atoms with Crippen LogP contribution in [0.2, 0.25) is 0 Å². The minimum Gasteiger partial charge on any atom is -0.504 e. The van der Waals surface area contributed by atoms with Crippen LogP contribution in [0.5, 0.6) is 23.0 Å². The summed E-state index contributed by atoms with van der Waals surface area (Å²) in [5, 5.41) is 31.6. The van der Waals surface area contributed by atoms with Gasteiger partial charge >= 0.3 is 5.97 Å². The number of carbonyl (C=O) groups excluding carboxylic acids is 1. The monoisotopic (exact) mass is 486 g/mol. The molecule has 0 saturated carbocycles. The maximum Gasteiger partial charge on any atom is 0.306 e. The summed E-state index contributed by atoms with van der Waals surface area (Å²) in [6.07, 6.45) is 4.96. The van der Waals surface area contributed by atoms with Gasteiger partial charge in [-0.25, -0.2) is 0 Å². The fourth-order valence-corrected chi connectivity index (χ4v) is 4.00. The van der Waals surface area contributed by atoms with Gasteiger partial charge in [-0.15, -0.1) is 6.42 Å². The number of benzene rings is 3. The van der Waals surface area contributed by atoms with E-state index in [1.807, 2.05) is 0 Å². The SMILES string of the molecule is C#CCOc1ccc(C(CC(=O)OC)c2c(O)c(O)c(O)c3c(=O)cc(-c4ccccc4)oc23)cc1. The first-order valence-corrected chi connectivity index (χ1v) is 10.9. The average molecular weight is 486 g/mol. The topological polar surface area (TPSA) is 126 Å². The van der Waals surface area contributed by atoms with Crippen LogP contribution in [0.3, 0.4) is 0 Å². The zero-order valence-electron chi connectivity index (χ0n) is 19.2. The molecule has 8 heteroatoms. The summed E-state index contributed by atoms with van der Waals surface area (Å²) < 4.78 is 16.3. The van der Waals surface area contributed by atoms with Gasteiger partial charge in [-0.3, -0.25) is 9.59 Å². The first-order chi connectivity index (χ1) is 17.3. The Morgan fingerprint density at radius 3 is 2.36 bits per heavy atom. The van der Waals surface area contributed by atoms with E-state index in [1.54, 1.807) is 54.6 Å². The van der Waals surface area contributed by atoms with Gasteiger partial charge in [0.25, 0.3) is 0 Å². The number of fused-ring (bicyclic) bond motifs is 1. The Morgan fingerprint density at radius 1 is 1.03 bits per heavy atom. The Bertz CT molecular complexity index is 1510. The molecule has 1 heterocycles. The van der Waals surface area contributed by atoms with Crippen molar-refractivity contribution >= 4 is 16.9 Å². The summed E-state index contributed by atoms with van der Waals surface area (Å²) >= 11 is 0. The summed E-state index contributed by atoms with van der Waals surface area (Å²) in [5.74, 6) is -0.976. The molecule has 1 unspecified atom stereocenters. The summed E-state index contributed by atoms with van der Waals surface area (Å²) in [6, 6.07) is 16.5. The molecule has 0 aliphatic heterocycles. The smallest absolute Gasteiger partial charge is 0.306 e. The predicted molar refractivity (Wildman–Crippen MR) is 132 cm³/mol. The van der Waals surface area contributed by atoms with E-state index in [4.69, 9.17) is 20.3 Å². The predicted octanol–water partition coefficient (Wildman–Crippen LogP) is 4.28. The maximum absolute atomic E-state index is 13.1. The minimum absolute atomic E-state index is 0.0575. The van der Waals surface area contributed by atoms with E-state index in [-0.39, 0.29) is 35.3 Å². The lowest BCUT2D eigenvalue weighted by Crippen LogP contribution is -2.12. The highest BCUT2D eigenvalue weighted by Gasteiger charge is 2.31. The molecule has 0 radical (unpaired) electrons. The molecular formula is C28H22O8. The Hall–Kier alpha value is -4.90. The summed E-state index contributed by atoms with van der Waals surface area (Å²) in [5.41, 5.74) is 0.226. The van der Waals surface area contributed by atoms with Gasteiger partial charge in [0, 0.05) is 23.1 Å². The quantitative estimate of drug-likeness (QED) is 0.201. The van der Waals surface area contributed by atoms with Crippen molar-refractivity contribution in [3.63, 3.8) is 0 Å². The highest BCUT2D eigenvalue weighted by atomic mass is 16.5. The molecule has 3 N–H and O–H groups in total. The number of terminal acetylenes is 1. The summed E-state index contributed by atoms with van der Waals surface area (Å²) in [6.45, 7) is 0.0651. The minimum atomic E-state index is -0.928. The van der Waals surface area contributed by atoms with E-state index in [2.05, 4.69) is 5.92 Å². The van der Waals surface area contributed by atoms with Gasteiger partial charge in [-0.1, -0.05) is 48.4 Å². The third-order valence-electron chi connectivity index (χ3n) is 5.74. The molecule has 0 amide bonds. The highest BCUT2D eigenvalue weighted by Crippen LogP contribution is 2.49. The summed E-state index contributed by atoms with van der Waals surface area (Å²) in [7, 11) is 1.22. The van der Waals surface area contributed by atoms with Crippen molar-refractivity contribution in [3.05, 3.63) is 82.0 Å². The molecule has 36 heavy (non-hydrogen) atoms. The largest absolute Gasteiger partial charge is 0.504 e. The Morgan fingerprint density at radius 2 is 1.72 bits per heavy atom. The normalized spacial score (nSPS) is 11.6. The third-order valence-corrected chi connectivity index (χ3v) is 5.74. The molecule has 1 atom stereocenters. The molecule has 0 aliphatic carbocycles. The van der Waals surface area contributed by atoms with E-state index < -0.39 is 34.6 Å². The van der Waals surface area contributed by atoms with Crippen LogP contribution in [0.15, 0.2) is 69.9 Å². The van der Waals surface area contributed by atoms with E-state index in [0.29, 0.717) is 16.9 Å². The number of phenols is 3. The molecule has 4 rings (SSSR count). The number of hydrogen-bond donors (Lipinski definition) is 3. The van der Waals surface area contributed by atoms with E-state index >= 15 is 0 Å². The molecule has 1 aromatic heterocycles. The molecule has 8 nitrogen and oxygen atoms in total. The van der Waals surface area contributed by atoms with Gasteiger partial charge in [0.1, 0.15) is 29.1 Å². The number of hydrogen-bond acceptors (Lipinski definition) is 8. The van der Waals surface area contributed by atoms with Crippen LogP contribution in [0, 0.1) is 12.3 Å². The second-order valence-corrected chi connectivity index (χ2v) is 7.90. The molecule has 182 valence electrons. The first kappa shape index (κ1) is 24.2. The van der Waals surface area contributed by atoms with Crippen LogP contribution in [0.1, 0.15) is 23.5 Å². The number of esters is 1. The molecular weight excluding hydrogens is 464 g/mol. The van der Waals surface area contributed by atoms with Crippen molar-refractivity contribution in [2.24, 2.45) is 0 Å². The van der Waals surface area contributed by atoms with Gasteiger partial charge in [0.15, 0.2) is 16.9 Å². The number of phenolic OH excluding ortho intramolecular Hbond substituents is 3. The van der Waals surface area contributed by atoms with E-state index in [1.165, 1.54) is 13.2 Å². The number of rotatable bonds is 7. The third kappa shape index (κ3) is 4.55. The van der Waals surface area contributed by atoms with Gasteiger partial charge in [0.2, 0.25) is 5.75 Å². The second kappa shape index (κ2) is 10.2. The molecule has 0 bridgehead atoms. The van der Waals surface area contributed by atoms with Crippen molar-refractivity contribution < 1.29 is 34.0 Å². The number of ether oxygens (including phenoxy) is 2. The Balaban J connectivity index is 2.00. The van der Waals surface area contributed by atoms with Gasteiger partial charge in [-0.05, 0) is 17.7 Å². The Kier molecular flexibility index (Phi) is 6.84. The van der Waals surface area contributed by atoms with Crippen molar-refractivity contribution in [3.8, 4) is 46.7 Å². The first-order valence-electron chi connectivity index (χ1n) is 10.9. The van der Waals surface area contributed by atoms with E-state index in [0.717, 1.165) is 0 Å². The lowest BCUT2D eigenvalue weighted by molar-refractivity contribution is -0.140. The second-order valence-electron chi connectivity index (χ2n) is 7.90. The standard InChI is InChI=1S/C28H22O8/c1-3-13-35-18-11-9-16(10-12-18)19(14-22(30)34-2)23-25(31)27(33)26(32)24-20(29)15-21(36-28(23)24)17-7-5-4-6-8-17/h1,4-12,15,19,31-33H,13-14H2,2H3.